The van der Waals surface area contributed by atoms with Crippen molar-refractivity contribution in [3.8, 4) is 10.4 Å². The molecular weight excluding hydrogens is 526 g/mol. The molecule has 0 bridgehead atoms. The molecule has 41 heavy (non-hydrogen) atoms. The minimum atomic E-state index is 0.0645. The molecule has 1 heterocycles. The van der Waals surface area contributed by atoms with Gasteiger partial charge < -0.3 is 15.4 Å². The minimum Gasteiger partial charge on any atom is -0.497 e. The molecule has 5 nitrogen and oxygen atoms in total. The number of rotatable bonds is 10. The lowest BCUT2D eigenvalue weighted by molar-refractivity contribution is -0.123. The average Bonchev–Trinajstić information content (AvgIpc) is 3.72. The summed E-state index contributed by atoms with van der Waals surface area (Å²) in [6.07, 6.45) is 16.8. The molecule has 3 fully saturated rings. The molecule has 0 saturated heterocycles. The Morgan fingerprint density at radius 1 is 1.05 bits per heavy atom. The molecule has 1 aromatic carbocycles. The molecule has 2 aromatic rings. The van der Waals surface area contributed by atoms with Crippen LogP contribution in [0.15, 0.2) is 66.1 Å². The highest BCUT2D eigenvalue weighted by Crippen LogP contribution is 2.44. The Morgan fingerprint density at radius 2 is 1.76 bits per heavy atom. The van der Waals surface area contributed by atoms with Gasteiger partial charge in [0.25, 0.3) is 0 Å². The van der Waals surface area contributed by atoms with E-state index in [2.05, 4.69) is 55.7 Å². The maximum atomic E-state index is 14.1. The van der Waals surface area contributed by atoms with Gasteiger partial charge in [0.15, 0.2) is 0 Å². The fourth-order valence-electron chi connectivity index (χ4n) is 6.41. The van der Waals surface area contributed by atoms with Crippen LogP contribution in [-0.2, 0) is 9.53 Å². The molecular formula is C35H47N3O2S. The summed E-state index contributed by atoms with van der Waals surface area (Å²) >= 11 is 1.81. The van der Waals surface area contributed by atoms with Gasteiger partial charge in [-0.05, 0) is 119 Å². The SMILES string of the molecule is C=C(/C=C\C(OC)=C(C)C)[C@H]1CC[C@H](CN(c2cccc(-c3cnc(C4CC4)s3)c2)C(=O)[C@H]2CC[C@H](N)CC2)CC1. The van der Waals surface area contributed by atoms with E-state index in [0.29, 0.717) is 17.8 Å². The van der Waals surface area contributed by atoms with E-state index in [1.54, 1.807) is 7.11 Å². The number of carbonyl (C=O) groups is 1. The Balaban J connectivity index is 1.29. The zero-order valence-corrected chi connectivity index (χ0v) is 25.9. The highest BCUT2D eigenvalue weighted by atomic mass is 32.1. The van der Waals surface area contributed by atoms with Crippen molar-refractivity contribution in [3.05, 3.63) is 71.1 Å². The van der Waals surface area contributed by atoms with Gasteiger partial charge in [-0.3, -0.25) is 4.79 Å². The molecule has 0 atom stereocenters. The fourth-order valence-corrected chi connectivity index (χ4v) is 7.49. The van der Waals surface area contributed by atoms with Gasteiger partial charge in [0.2, 0.25) is 5.91 Å². The van der Waals surface area contributed by atoms with E-state index in [1.165, 1.54) is 28.3 Å². The van der Waals surface area contributed by atoms with Crippen LogP contribution in [0.1, 0.15) is 89.0 Å². The second-order valence-electron chi connectivity index (χ2n) is 12.6. The van der Waals surface area contributed by atoms with Gasteiger partial charge in [0, 0.05) is 36.3 Å². The number of thiazole rings is 1. The van der Waals surface area contributed by atoms with Crippen LogP contribution in [0.3, 0.4) is 0 Å². The number of nitrogens with two attached hydrogens (primary N) is 1. The molecule has 3 saturated carbocycles. The Hall–Kier alpha value is -2.70. The van der Waals surface area contributed by atoms with Crippen molar-refractivity contribution in [2.24, 2.45) is 23.5 Å². The fraction of sp³-hybridized carbons (Fsp3) is 0.543. The molecule has 1 amide bonds. The molecule has 5 rings (SSSR count). The standard InChI is InChI=1S/C35H47N3O2S/c1-23(2)32(40-4)19-8-24(3)26-11-9-25(10-12-26)22-38(35(39)28-15-17-30(36)18-16-28)31-7-5-6-29(20-31)33-21-37-34(41-33)27-13-14-27/h5-8,19-21,25-28,30H,3,9-18,22,36H2,1-2,4H3/b19-8-/t25-,26-,28-,30-. The topological polar surface area (TPSA) is 68.5 Å². The number of methoxy groups -OCH3 is 1. The lowest BCUT2D eigenvalue weighted by Gasteiger charge is -2.36. The number of aromatic nitrogens is 1. The summed E-state index contributed by atoms with van der Waals surface area (Å²) in [5, 5.41) is 1.25. The Morgan fingerprint density at radius 3 is 2.41 bits per heavy atom. The van der Waals surface area contributed by atoms with Gasteiger partial charge in [0.05, 0.1) is 17.0 Å². The van der Waals surface area contributed by atoms with Crippen molar-refractivity contribution >= 4 is 22.9 Å². The zero-order valence-electron chi connectivity index (χ0n) is 25.1. The molecule has 6 heteroatoms. The molecule has 2 N–H and O–H groups in total. The second kappa shape index (κ2) is 13.5. The Labute approximate surface area is 250 Å². The summed E-state index contributed by atoms with van der Waals surface area (Å²) in [6.45, 7) is 9.28. The van der Waals surface area contributed by atoms with E-state index in [1.807, 2.05) is 23.6 Å². The van der Waals surface area contributed by atoms with Crippen molar-refractivity contribution in [2.45, 2.75) is 90.0 Å². The number of anilines is 1. The Bertz CT molecular complexity index is 1270. The van der Waals surface area contributed by atoms with E-state index >= 15 is 0 Å². The van der Waals surface area contributed by atoms with Gasteiger partial charge in [-0.25, -0.2) is 4.98 Å². The molecule has 0 aliphatic heterocycles. The van der Waals surface area contributed by atoms with Crippen LogP contribution in [0.25, 0.3) is 10.4 Å². The molecule has 1 aromatic heterocycles. The van der Waals surface area contributed by atoms with Crippen molar-refractivity contribution in [1.82, 2.24) is 4.98 Å². The minimum absolute atomic E-state index is 0.0645. The Kier molecular flexibility index (Phi) is 9.82. The summed E-state index contributed by atoms with van der Waals surface area (Å²) in [6, 6.07) is 8.83. The lowest BCUT2D eigenvalue weighted by Crippen LogP contribution is -2.42. The third-order valence-electron chi connectivity index (χ3n) is 9.25. The van der Waals surface area contributed by atoms with Crippen LogP contribution in [-0.4, -0.2) is 30.6 Å². The third kappa shape index (κ3) is 7.58. The number of amides is 1. The van der Waals surface area contributed by atoms with E-state index < -0.39 is 0 Å². The summed E-state index contributed by atoms with van der Waals surface area (Å²) in [5.41, 5.74) is 10.7. The third-order valence-corrected chi connectivity index (χ3v) is 10.5. The molecule has 0 spiro atoms. The number of benzene rings is 1. The highest BCUT2D eigenvalue weighted by molar-refractivity contribution is 7.15. The summed E-state index contributed by atoms with van der Waals surface area (Å²) < 4.78 is 5.49. The van der Waals surface area contributed by atoms with Gasteiger partial charge in [-0.1, -0.05) is 30.4 Å². The van der Waals surface area contributed by atoms with Crippen LogP contribution in [0.2, 0.25) is 0 Å². The maximum absolute atomic E-state index is 14.1. The quantitative estimate of drug-likeness (QED) is 0.229. The molecule has 0 radical (unpaired) electrons. The highest BCUT2D eigenvalue weighted by Gasteiger charge is 2.32. The van der Waals surface area contributed by atoms with Crippen LogP contribution in [0.4, 0.5) is 5.69 Å². The number of allylic oxidation sites excluding steroid dienone is 4. The first-order valence-electron chi connectivity index (χ1n) is 15.5. The first-order valence-corrected chi connectivity index (χ1v) is 16.4. The van der Waals surface area contributed by atoms with Crippen LogP contribution in [0, 0.1) is 17.8 Å². The monoisotopic (exact) mass is 573 g/mol. The molecule has 3 aliphatic carbocycles. The summed E-state index contributed by atoms with van der Waals surface area (Å²) in [7, 11) is 1.72. The largest absolute Gasteiger partial charge is 0.497 e. The van der Waals surface area contributed by atoms with Crippen LogP contribution >= 0.6 is 11.3 Å². The maximum Gasteiger partial charge on any atom is 0.230 e. The van der Waals surface area contributed by atoms with E-state index in [9.17, 15) is 4.79 Å². The van der Waals surface area contributed by atoms with E-state index in [-0.39, 0.29) is 17.9 Å². The van der Waals surface area contributed by atoms with E-state index in [0.717, 1.165) is 80.5 Å². The summed E-state index contributed by atoms with van der Waals surface area (Å²) in [5.74, 6) is 2.87. The lowest BCUT2D eigenvalue weighted by atomic mass is 9.78. The van der Waals surface area contributed by atoms with Gasteiger partial charge in [0.1, 0.15) is 5.76 Å². The van der Waals surface area contributed by atoms with Gasteiger partial charge in [-0.15, -0.1) is 11.3 Å². The normalized spacial score (nSPS) is 24.7. The predicted octanol–water partition coefficient (Wildman–Crippen LogP) is 8.40. The molecule has 220 valence electrons. The van der Waals surface area contributed by atoms with Crippen molar-refractivity contribution in [3.63, 3.8) is 0 Å². The zero-order chi connectivity index (χ0) is 28.9. The van der Waals surface area contributed by atoms with Crippen molar-refractivity contribution < 1.29 is 9.53 Å². The number of hydrogen-bond donors (Lipinski definition) is 1. The van der Waals surface area contributed by atoms with Gasteiger partial charge in [-0.2, -0.15) is 0 Å². The number of hydrogen-bond acceptors (Lipinski definition) is 5. The van der Waals surface area contributed by atoms with Gasteiger partial charge >= 0.3 is 0 Å². The predicted molar refractivity (Wildman–Crippen MR) is 171 cm³/mol. The second-order valence-corrected chi connectivity index (χ2v) is 13.7. The van der Waals surface area contributed by atoms with E-state index in [4.69, 9.17) is 15.5 Å². The average molecular weight is 574 g/mol. The molecule has 0 unspecified atom stereocenters. The van der Waals surface area contributed by atoms with Crippen molar-refractivity contribution in [2.75, 3.05) is 18.6 Å². The smallest absolute Gasteiger partial charge is 0.230 e. The molecule has 3 aliphatic rings. The van der Waals surface area contributed by atoms with Crippen molar-refractivity contribution in [1.29, 1.82) is 0 Å². The van der Waals surface area contributed by atoms with Crippen LogP contribution in [0.5, 0.6) is 0 Å². The first-order chi connectivity index (χ1) is 19.8. The first kappa shape index (κ1) is 29.8. The number of carbonyl (C=O) groups excluding carboxylic acids is 1. The summed E-state index contributed by atoms with van der Waals surface area (Å²) in [4.78, 5) is 22.1. The van der Waals surface area contributed by atoms with Crippen LogP contribution < -0.4 is 10.6 Å². The number of nitrogens with zero attached hydrogens (tertiary/aromatic N) is 2. The number of ether oxygens (including phenoxy) is 1.